The van der Waals surface area contributed by atoms with Gasteiger partial charge in [-0.15, -0.1) is 0 Å². The second kappa shape index (κ2) is 10.1. The summed E-state index contributed by atoms with van der Waals surface area (Å²) in [5, 5.41) is 31.3. The summed E-state index contributed by atoms with van der Waals surface area (Å²) in [5.41, 5.74) is 2.33. The Morgan fingerprint density at radius 1 is 0.962 bits per heavy atom. The van der Waals surface area contributed by atoms with Gasteiger partial charge in [0.1, 0.15) is 18.1 Å². The average molecular weight is 367 g/mol. The number of hydrogen-bond donors (Lipinski definition) is 6. The second-order valence-corrected chi connectivity index (χ2v) is 5.60. The van der Waals surface area contributed by atoms with Gasteiger partial charge in [0.2, 0.25) is 11.8 Å². The molecule has 3 atom stereocenters. The Kier molecular flexibility index (Phi) is 8.19. The zero-order valence-corrected chi connectivity index (χ0v) is 14.0. The maximum absolute atomic E-state index is 12.3. The van der Waals surface area contributed by atoms with E-state index in [0.29, 0.717) is 5.56 Å². The van der Waals surface area contributed by atoms with Crippen LogP contribution in [-0.2, 0) is 25.6 Å². The monoisotopic (exact) mass is 367 g/mol. The van der Waals surface area contributed by atoms with Crippen molar-refractivity contribution in [3.05, 3.63) is 35.9 Å². The van der Waals surface area contributed by atoms with Crippen molar-refractivity contribution in [2.24, 2.45) is 0 Å². The van der Waals surface area contributed by atoms with Crippen LogP contribution in [0.15, 0.2) is 30.3 Å². The molecular weight excluding hydrogens is 346 g/mol. The maximum atomic E-state index is 12.3. The van der Waals surface area contributed by atoms with Crippen LogP contribution < -0.4 is 16.1 Å². The minimum Gasteiger partial charge on any atom is -0.481 e. The van der Waals surface area contributed by atoms with Crippen molar-refractivity contribution in [3.8, 4) is 0 Å². The number of nitrogens with one attached hydrogen (secondary N) is 3. The molecule has 0 unspecified atom stereocenters. The van der Waals surface area contributed by atoms with Crippen molar-refractivity contribution >= 4 is 23.8 Å². The summed E-state index contributed by atoms with van der Waals surface area (Å²) in [6, 6.07) is 4.69. The Hall–Kier alpha value is -2.98. The molecule has 0 aliphatic carbocycles. The number of hydrogen-bond acceptors (Lipinski definition) is 6. The van der Waals surface area contributed by atoms with Gasteiger partial charge < -0.3 is 26.1 Å². The molecule has 0 spiro atoms. The maximum Gasteiger partial charge on any atom is 0.326 e. The molecule has 2 amide bonds. The number of amides is 2. The lowest BCUT2D eigenvalue weighted by Crippen LogP contribution is -2.55. The Morgan fingerprint density at radius 3 is 2.04 bits per heavy atom. The van der Waals surface area contributed by atoms with E-state index in [0.717, 1.165) is 0 Å². The topological polar surface area (TPSA) is 165 Å². The summed E-state index contributed by atoms with van der Waals surface area (Å²) >= 11 is 0. The van der Waals surface area contributed by atoms with Gasteiger partial charge >= 0.3 is 11.9 Å². The molecule has 0 aliphatic heterocycles. The van der Waals surface area contributed by atoms with E-state index in [1.165, 1.54) is 6.92 Å². The van der Waals surface area contributed by atoms with Gasteiger partial charge in [-0.25, -0.2) is 4.79 Å². The second-order valence-electron chi connectivity index (χ2n) is 5.60. The van der Waals surface area contributed by atoms with Crippen molar-refractivity contribution in [3.63, 3.8) is 0 Å². The smallest absolute Gasteiger partial charge is 0.326 e. The van der Waals surface area contributed by atoms with E-state index in [1.54, 1.807) is 35.8 Å². The van der Waals surface area contributed by atoms with Gasteiger partial charge in [0, 0.05) is 6.42 Å². The fraction of sp³-hybridized carbons (Fsp3) is 0.375. The zero-order valence-electron chi connectivity index (χ0n) is 14.0. The third-order valence-corrected chi connectivity index (χ3v) is 3.50. The van der Waals surface area contributed by atoms with E-state index in [-0.39, 0.29) is 6.42 Å². The molecule has 0 radical (unpaired) electrons. The van der Waals surface area contributed by atoms with Gasteiger partial charge in [0.25, 0.3) is 0 Å². The zero-order chi connectivity index (χ0) is 19.7. The largest absolute Gasteiger partial charge is 0.481 e. The first-order valence-electron chi connectivity index (χ1n) is 7.73. The molecule has 0 aliphatic rings. The van der Waals surface area contributed by atoms with Gasteiger partial charge in [-0.2, -0.15) is 5.48 Å². The number of carboxylic acid groups (broad SMARTS) is 2. The van der Waals surface area contributed by atoms with E-state index in [4.69, 9.17) is 10.3 Å². The van der Waals surface area contributed by atoms with Gasteiger partial charge in [-0.1, -0.05) is 30.3 Å². The number of aliphatic carboxylic acids is 2. The summed E-state index contributed by atoms with van der Waals surface area (Å²) < 4.78 is 0. The summed E-state index contributed by atoms with van der Waals surface area (Å²) in [6.45, 7) is 1.29. The first-order valence-corrected chi connectivity index (χ1v) is 7.73. The molecule has 142 valence electrons. The highest BCUT2D eigenvalue weighted by Crippen LogP contribution is 2.05. The fourth-order valence-electron chi connectivity index (χ4n) is 2.06. The number of benzene rings is 1. The quantitative estimate of drug-likeness (QED) is 0.290. The number of carboxylic acids is 2. The third kappa shape index (κ3) is 6.87. The molecule has 1 aromatic rings. The molecule has 0 aromatic heterocycles. The Labute approximate surface area is 149 Å². The molecule has 10 heteroatoms. The van der Waals surface area contributed by atoms with Crippen LogP contribution in [0.4, 0.5) is 0 Å². The van der Waals surface area contributed by atoms with Gasteiger partial charge in [0.05, 0.1) is 6.42 Å². The first kappa shape index (κ1) is 21.1. The van der Waals surface area contributed by atoms with Crippen LogP contribution in [0, 0.1) is 0 Å². The SMILES string of the molecule is C[C@H](NO)C(=O)N[C@@H](CC(=O)O)C(=O)N[C@@H](Cc1ccccc1)C(=O)O. The van der Waals surface area contributed by atoms with Crippen LogP contribution in [0.5, 0.6) is 0 Å². The normalized spacial score (nSPS) is 13.9. The summed E-state index contributed by atoms with van der Waals surface area (Å²) in [6.07, 6.45) is -0.752. The van der Waals surface area contributed by atoms with E-state index in [9.17, 15) is 24.3 Å². The highest BCUT2D eigenvalue weighted by molar-refractivity contribution is 5.93. The Bertz CT molecular complexity index is 651. The van der Waals surface area contributed by atoms with E-state index < -0.39 is 48.3 Å². The van der Waals surface area contributed by atoms with Crippen LogP contribution in [0.2, 0.25) is 0 Å². The van der Waals surface area contributed by atoms with E-state index >= 15 is 0 Å². The Morgan fingerprint density at radius 2 is 1.54 bits per heavy atom. The van der Waals surface area contributed by atoms with Crippen LogP contribution in [0.3, 0.4) is 0 Å². The predicted molar refractivity (Wildman–Crippen MR) is 88.3 cm³/mol. The summed E-state index contributed by atoms with van der Waals surface area (Å²) in [7, 11) is 0. The standard InChI is InChI=1S/C16H21N3O7/c1-9(19-26)14(22)17-11(8-13(20)21)15(23)18-12(16(24)25)7-10-5-3-2-4-6-10/h2-6,9,11-12,19,26H,7-8H2,1H3,(H,17,22)(H,18,23)(H,20,21)(H,24,25)/t9-,11-,12-/m0/s1. The lowest BCUT2D eigenvalue weighted by molar-refractivity contribution is -0.143. The molecule has 1 aromatic carbocycles. The molecular formula is C16H21N3O7. The van der Waals surface area contributed by atoms with E-state index in [1.807, 2.05) is 0 Å². The Balaban J connectivity index is 2.85. The molecule has 0 fully saturated rings. The molecule has 26 heavy (non-hydrogen) atoms. The molecule has 6 N–H and O–H groups in total. The van der Waals surface area contributed by atoms with Gasteiger partial charge in [-0.05, 0) is 12.5 Å². The lowest BCUT2D eigenvalue weighted by Gasteiger charge is -2.21. The average Bonchev–Trinajstić information content (AvgIpc) is 2.60. The van der Waals surface area contributed by atoms with Crippen LogP contribution >= 0.6 is 0 Å². The lowest BCUT2D eigenvalue weighted by atomic mass is 10.0. The summed E-state index contributed by atoms with van der Waals surface area (Å²) in [4.78, 5) is 46.4. The van der Waals surface area contributed by atoms with Crippen molar-refractivity contribution in [2.45, 2.75) is 37.9 Å². The van der Waals surface area contributed by atoms with Crippen molar-refractivity contribution < 1.29 is 34.6 Å². The van der Waals surface area contributed by atoms with Gasteiger partial charge in [0.15, 0.2) is 0 Å². The molecule has 0 bridgehead atoms. The number of carbonyl (C=O) groups is 4. The van der Waals surface area contributed by atoms with Crippen molar-refractivity contribution in [2.75, 3.05) is 0 Å². The minimum atomic E-state index is -1.49. The van der Waals surface area contributed by atoms with Crippen molar-refractivity contribution in [1.82, 2.24) is 16.1 Å². The summed E-state index contributed by atoms with van der Waals surface area (Å²) in [5.74, 6) is -4.42. The number of carbonyl (C=O) groups excluding carboxylic acids is 2. The third-order valence-electron chi connectivity index (χ3n) is 3.50. The van der Waals surface area contributed by atoms with Crippen LogP contribution in [0.1, 0.15) is 18.9 Å². The van der Waals surface area contributed by atoms with Gasteiger partial charge in [-0.3, -0.25) is 14.4 Å². The number of hydroxylamine groups is 1. The minimum absolute atomic E-state index is 0.00967. The van der Waals surface area contributed by atoms with Crippen molar-refractivity contribution in [1.29, 1.82) is 0 Å². The van der Waals surface area contributed by atoms with Crippen LogP contribution in [-0.4, -0.2) is 57.3 Å². The highest BCUT2D eigenvalue weighted by atomic mass is 16.5. The molecule has 0 heterocycles. The molecule has 1 rings (SSSR count). The number of rotatable bonds is 10. The molecule has 0 saturated carbocycles. The fourth-order valence-corrected chi connectivity index (χ4v) is 2.06. The predicted octanol–water partition coefficient (Wildman–Crippen LogP) is -0.875. The van der Waals surface area contributed by atoms with Crippen LogP contribution in [0.25, 0.3) is 0 Å². The first-order chi connectivity index (χ1) is 12.2. The molecule has 0 saturated heterocycles. The molecule has 10 nitrogen and oxygen atoms in total. The van der Waals surface area contributed by atoms with E-state index in [2.05, 4.69) is 10.6 Å². The highest BCUT2D eigenvalue weighted by Gasteiger charge is 2.29.